The number of para-hydroxylation sites is 2. The number of aromatic carboxylic acids is 2. The van der Waals surface area contributed by atoms with Crippen molar-refractivity contribution in [3.8, 4) is 0 Å². The number of rotatable bonds is 2. The first-order valence-electron chi connectivity index (χ1n) is 7.72. The highest BCUT2D eigenvalue weighted by molar-refractivity contribution is 6.02. The van der Waals surface area contributed by atoms with Crippen molar-refractivity contribution in [2.75, 3.05) is 0 Å². The molecular formula is C20H14N2O4. The van der Waals surface area contributed by atoms with Gasteiger partial charge in [-0.2, -0.15) is 0 Å². The molecule has 4 aromatic rings. The topological polar surface area (TPSA) is 100 Å². The van der Waals surface area contributed by atoms with E-state index < -0.39 is 11.9 Å². The van der Waals surface area contributed by atoms with Crippen molar-refractivity contribution in [3.05, 3.63) is 84.2 Å². The van der Waals surface area contributed by atoms with E-state index in [2.05, 4.69) is 9.97 Å². The summed E-state index contributed by atoms with van der Waals surface area (Å²) in [6.45, 7) is 0. The van der Waals surface area contributed by atoms with Crippen LogP contribution < -0.4 is 0 Å². The first-order valence-corrected chi connectivity index (χ1v) is 7.72. The predicted octanol–water partition coefficient (Wildman–Crippen LogP) is 3.87. The van der Waals surface area contributed by atoms with Gasteiger partial charge in [0.25, 0.3) is 0 Å². The number of carboxylic acids is 2. The Kier molecular flexibility index (Phi) is 4.85. The van der Waals surface area contributed by atoms with E-state index in [1.54, 1.807) is 36.4 Å². The summed E-state index contributed by atoms with van der Waals surface area (Å²) in [4.78, 5) is 29.7. The lowest BCUT2D eigenvalue weighted by Crippen LogP contribution is -1.97. The van der Waals surface area contributed by atoms with Crippen LogP contribution >= 0.6 is 0 Å². The number of hydrogen-bond donors (Lipinski definition) is 2. The van der Waals surface area contributed by atoms with Crippen LogP contribution in [-0.2, 0) is 0 Å². The zero-order valence-electron chi connectivity index (χ0n) is 13.5. The molecule has 0 unspecified atom stereocenters. The molecule has 128 valence electrons. The second-order valence-electron chi connectivity index (χ2n) is 5.36. The largest absolute Gasteiger partial charge is 0.478 e. The van der Waals surface area contributed by atoms with Gasteiger partial charge >= 0.3 is 11.9 Å². The quantitative estimate of drug-likeness (QED) is 0.571. The summed E-state index contributed by atoms with van der Waals surface area (Å²) >= 11 is 0. The number of carboxylic acid groups (broad SMARTS) is 2. The molecule has 0 aliphatic rings. The van der Waals surface area contributed by atoms with Gasteiger partial charge in [0, 0.05) is 23.2 Å². The Morgan fingerprint density at radius 3 is 1.38 bits per heavy atom. The summed E-state index contributed by atoms with van der Waals surface area (Å²) in [6, 6.07) is 17.4. The molecular weight excluding hydrogens is 332 g/mol. The molecule has 26 heavy (non-hydrogen) atoms. The molecule has 2 aromatic heterocycles. The number of pyridine rings is 2. The average molecular weight is 346 g/mol. The van der Waals surface area contributed by atoms with Crippen LogP contribution in [0.25, 0.3) is 21.8 Å². The maximum absolute atomic E-state index is 10.8. The van der Waals surface area contributed by atoms with Gasteiger partial charge < -0.3 is 10.2 Å². The second-order valence-corrected chi connectivity index (χ2v) is 5.36. The minimum Gasteiger partial charge on any atom is -0.478 e. The van der Waals surface area contributed by atoms with Crippen LogP contribution in [0.15, 0.2) is 73.1 Å². The first kappa shape index (κ1) is 17.0. The van der Waals surface area contributed by atoms with Gasteiger partial charge in [-0.1, -0.05) is 36.4 Å². The number of benzene rings is 2. The van der Waals surface area contributed by atoms with E-state index in [-0.39, 0.29) is 0 Å². The highest BCUT2D eigenvalue weighted by atomic mass is 16.4. The molecule has 4 rings (SSSR count). The molecule has 6 heteroatoms. The predicted molar refractivity (Wildman–Crippen MR) is 97.4 cm³/mol. The van der Waals surface area contributed by atoms with Crippen molar-refractivity contribution >= 4 is 33.7 Å². The standard InChI is InChI=1S/2C10H7NO2/c2*12-10(13)8-5-6-11-9-4-2-1-3-7(8)9/h2*1-6H,(H,12,13). The lowest BCUT2D eigenvalue weighted by molar-refractivity contribution is 0.0688. The van der Waals surface area contributed by atoms with E-state index in [1.165, 1.54) is 24.5 Å². The molecule has 0 spiro atoms. The minimum atomic E-state index is -0.918. The molecule has 0 radical (unpaired) electrons. The number of carbonyl (C=O) groups is 2. The zero-order chi connectivity index (χ0) is 18.5. The van der Waals surface area contributed by atoms with Crippen LogP contribution in [0.2, 0.25) is 0 Å². The van der Waals surface area contributed by atoms with Crippen LogP contribution in [0, 0.1) is 0 Å². The molecule has 0 fully saturated rings. The van der Waals surface area contributed by atoms with Crippen molar-refractivity contribution in [2.24, 2.45) is 0 Å². The molecule has 2 N–H and O–H groups in total. The molecule has 2 heterocycles. The Morgan fingerprint density at radius 1 is 0.615 bits per heavy atom. The van der Waals surface area contributed by atoms with Crippen molar-refractivity contribution in [2.45, 2.75) is 0 Å². The maximum Gasteiger partial charge on any atom is 0.336 e. The third-order valence-corrected chi connectivity index (χ3v) is 3.76. The Morgan fingerprint density at radius 2 is 1.00 bits per heavy atom. The van der Waals surface area contributed by atoms with Gasteiger partial charge in [-0.3, -0.25) is 9.97 Å². The van der Waals surface area contributed by atoms with Crippen LogP contribution in [-0.4, -0.2) is 32.1 Å². The lowest BCUT2D eigenvalue weighted by Gasteiger charge is -1.99. The minimum absolute atomic E-state index is 0.297. The van der Waals surface area contributed by atoms with Crippen LogP contribution in [0.4, 0.5) is 0 Å². The highest BCUT2D eigenvalue weighted by Gasteiger charge is 2.07. The fourth-order valence-corrected chi connectivity index (χ4v) is 2.56. The van der Waals surface area contributed by atoms with Crippen molar-refractivity contribution in [3.63, 3.8) is 0 Å². The normalized spacial score (nSPS) is 10.2. The summed E-state index contributed by atoms with van der Waals surface area (Å²) < 4.78 is 0. The van der Waals surface area contributed by atoms with E-state index in [9.17, 15) is 9.59 Å². The summed E-state index contributed by atoms with van der Waals surface area (Å²) in [5.41, 5.74) is 2.01. The van der Waals surface area contributed by atoms with Crippen molar-refractivity contribution < 1.29 is 19.8 Å². The van der Waals surface area contributed by atoms with Gasteiger partial charge in [-0.05, 0) is 24.3 Å². The Bertz CT molecular complexity index is 1010. The first-order chi connectivity index (χ1) is 12.6. The molecule has 0 saturated heterocycles. The fraction of sp³-hybridized carbons (Fsp3) is 0. The Hall–Kier alpha value is -3.80. The van der Waals surface area contributed by atoms with Crippen LogP contribution in [0.1, 0.15) is 20.7 Å². The molecule has 0 amide bonds. The molecule has 2 aromatic carbocycles. The van der Waals surface area contributed by atoms with Crippen molar-refractivity contribution in [1.29, 1.82) is 0 Å². The molecule has 0 aliphatic heterocycles. The molecule has 0 atom stereocenters. The van der Waals surface area contributed by atoms with Gasteiger partial charge in [-0.25, -0.2) is 9.59 Å². The second kappa shape index (κ2) is 7.40. The maximum atomic E-state index is 10.8. The van der Waals surface area contributed by atoms with Gasteiger partial charge in [0.2, 0.25) is 0 Å². The molecule has 0 bridgehead atoms. The highest BCUT2D eigenvalue weighted by Crippen LogP contribution is 2.16. The molecule has 0 saturated carbocycles. The zero-order valence-corrected chi connectivity index (χ0v) is 13.5. The summed E-state index contributed by atoms with van der Waals surface area (Å²) in [7, 11) is 0. The van der Waals surface area contributed by atoms with E-state index in [0.29, 0.717) is 32.9 Å². The third kappa shape index (κ3) is 3.49. The average Bonchev–Trinajstić information content (AvgIpc) is 2.67. The van der Waals surface area contributed by atoms with Gasteiger partial charge in [0.1, 0.15) is 0 Å². The Balaban J connectivity index is 0.000000151. The van der Waals surface area contributed by atoms with Crippen LogP contribution in [0.3, 0.4) is 0 Å². The Labute approximate surface area is 148 Å². The number of aromatic nitrogens is 2. The molecule has 6 nitrogen and oxygen atoms in total. The smallest absolute Gasteiger partial charge is 0.336 e. The van der Waals surface area contributed by atoms with E-state index in [0.717, 1.165) is 0 Å². The number of fused-ring (bicyclic) bond motifs is 2. The number of nitrogens with zero attached hydrogens (tertiary/aromatic N) is 2. The monoisotopic (exact) mass is 346 g/mol. The summed E-state index contributed by atoms with van der Waals surface area (Å²) in [6.07, 6.45) is 3.01. The van der Waals surface area contributed by atoms with Gasteiger partial charge in [0.05, 0.1) is 22.2 Å². The van der Waals surface area contributed by atoms with Gasteiger partial charge in [0.15, 0.2) is 0 Å². The summed E-state index contributed by atoms with van der Waals surface area (Å²) in [5, 5.41) is 19.1. The SMILES string of the molecule is O=C(O)c1ccnc2ccccc12.O=C(O)c1ccnc2ccccc12. The van der Waals surface area contributed by atoms with E-state index >= 15 is 0 Å². The lowest BCUT2D eigenvalue weighted by atomic mass is 10.1. The van der Waals surface area contributed by atoms with E-state index in [4.69, 9.17) is 10.2 Å². The fourth-order valence-electron chi connectivity index (χ4n) is 2.56. The number of hydrogen-bond acceptors (Lipinski definition) is 4. The third-order valence-electron chi connectivity index (χ3n) is 3.76. The summed E-state index contributed by atoms with van der Waals surface area (Å²) in [5.74, 6) is -1.84. The van der Waals surface area contributed by atoms with Crippen LogP contribution in [0.5, 0.6) is 0 Å². The molecule has 0 aliphatic carbocycles. The van der Waals surface area contributed by atoms with E-state index in [1.807, 2.05) is 12.1 Å². The van der Waals surface area contributed by atoms with Crippen molar-refractivity contribution in [1.82, 2.24) is 9.97 Å². The van der Waals surface area contributed by atoms with Gasteiger partial charge in [-0.15, -0.1) is 0 Å².